The number of ether oxygens (including phenoxy) is 1. The molecule has 1 fully saturated rings. The molecule has 0 saturated carbocycles. The molecule has 2 aromatic rings. The third-order valence-corrected chi connectivity index (χ3v) is 4.48. The number of hydrogen-bond donors (Lipinski definition) is 1. The summed E-state index contributed by atoms with van der Waals surface area (Å²) in [6.45, 7) is 7.91. The molecule has 1 aliphatic heterocycles. The summed E-state index contributed by atoms with van der Waals surface area (Å²) in [5.74, 6) is 0.700. The number of halogens is 2. The summed E-state index contributed by atoms with van der Waals surface area (Å²) in [7, 11) is 0. The largest absolute Gasteiger partial charge is 0.488 e. The SMILES string of the molecule is C=CCOc1ccc(CN2CCNCC2c2ccncc2)cc1Cl.Cl. The summed E-state index contributed by atoms with van der Waals surface area (Å²) in [6.07, 6.45) is 5.42. The first-order valence-corrected chi connectivity index (χ1v) is 8.52. The number of benzene rings is 1. The highest BCUT2D eigenvalue weighted by molar-refractivity contribution is 6.32. The van der Waals surface area contributed by atoms with Gasteiger partial charge in [-0.2, -0.15) is 0 Å². The highest BCUT2D eigenvalue weighted by atomic mass is 35.5. The minimum Gasteiger partial charge on any atom is -0.488 e. The molecule has 2 heterocycles. The summed E-state index contributed by atoms with van der Waals surface area (Å²) in [5.41, 5.74) is 2.47. The molecule has 1 saturated heterocycles. The molecule has 0 spiro atoms. The maximum absolute atomic E-state index is 6.34. The Morgan fingerprint density at radius 3 is 2.84 bits per heavy atom. The van der Waals surface area contributed by atoms with Gasteiger partial charge < -0.3 is 10.1 Å². The Kier molecular flexibility index (Phi) is 7.72. The van der Waals surface area contributed by atoms with Crippen molar-refractivity contribution in [2.45, 2.75) is 12.6 Å². The van der Waals surface area contributed by atoms with Crippen molar-refractivity contribution in [3.8, 4) is 5.75 Å². The quantitative estimate of drug-likeness (QED) is 0.773. The average molecular weight is 380 g/mol. The fraction of sp³-hybridized carbons (Fsp3) is 0.316. The molecule has 1 aliphatic rings. The second-order valence-corrected chi connectivity index (χ2v) is 6.24. The van der Waals surface area contributed by atoms with Crippen LogP contribution in [0.5, 0.6) is 5.75 Å². The molecule has 1 N–H and O–H groups in total. The van der Waals surface area contributed by atoms with E-state index in [4.69, 9.17) is 16.3 Å². The third-order valence-electron chi connectivity index (χ3n) is 4.18. The zero-order valence-corrected chi connectivity index (χ0v) is 15.6. The molecule has 1 atom stereocenters. The van der Waals surface area contributed by atoms with Gasteiger partial charge in [0.25, 0.3) is 0 Å². The number of rotatable bonds is 6. The fourth-order valence-electron chi connectivity index (χ4n) is 2.99. The smallest absolute Gasteiger partial charge is 0.138 e. The van der Waals surface area contributed by atoms with Crippen LogP contribution in [0.4, 0.5) is 0 Å². The monoisotopic (exact) mass is 379 g/mol. The number of aromatic nitrogens is 1. The minimum absolute atomic E-state index is 0. The molecule has 1 aromatic heterocycles. The Morgan fingerprint density at radius 2 is 2.12 bits per heavy atom. The van der Waals surface area contributed by atoms with E-state index in [9.17, 15) is 0 Å². The summed E-state index contributed by atoms with van der Waals surface area (Å²) >= 11 is 6.34. The fourth-order valence-corrected chi connectivity index (χ4v) is 3.25. The van der Waals surface area contributed by atoms with Crippen molar-refractivity contribution in [2.24, 2.45) is 0 Å². The van der Waals surface area contributed by atoms with Crippen LogP contribution < -0.4 is 10.1 Å². The molecule has 25 heavy (non-hydrogen) atoms. The molecular formula is C19H23Cl2N3O. The zero-order valence-electron chi connectivity index (χ0n) is 14.0. The van der Waals surface area contributed by atoms with Gasteiger partial charge in [0.2, 0.25) is 0 Å². The maximum Gasteiger partial charge on any atom is 0.138 e. The van der Waals surface area contributed by atoms with Crippen LogP contribution in [0.15, 0.2) is 55.4 Å². The van der Waals surface area contributed by atoms with Gasteiger partial charge in [-0.15, -0.1) is 12.4 Å². The molecular weight excluding hydrogens is 357 g/mol. The first-order chi connectivity index (χ1) is 11.8. The van der Waals surface area contributed by atoms with Gasteiger partial charge in [0, 0.05) is 44.6 Å². The Bertz CT molecular complexity index is 682. The molecule has 3 rings (SSSR count). The van der Waals surface area contributed by atoms with E-state index in [1.807, 2.05) is 24.5 Å². The van der Waals surface area contributed by atoms with E-state index < -0.39 is 0 Å². The van der Waals surface area contributed by atoms with Gasteiger partial charge in [-0.05, 0) is 35.4 Å². The molecule has 0 radical (unpaired) electrons. The lowest BCUT2D eigenvalue weighted by atomic mass is 10.0. The topological polar surface area (TPSA) is 37.4 Å². The molecule has 1 unspecified atom stereocenters. The molecule has 134 valence electrons. The van der Waals surface area contributed by atoms with Crippen LogP contribution in [-0.4, -0.2) is 36.1 Å². The van der Waals surface area contributed by atoms with Crippen LogP contribution in [0, 0.1) is 0 Å². The lowest BCUT2D eigenvalue weighted by molar-refractivity contribution is 0.153. The number of pyridine rings is 1. The van der Waals surface area contributed by atoms with Crippen molar-refractivity contribution in [1.29, 1.82) is 0 Å². The molecule has 0 bridgehead atoms. The van der Waals surface area contributed by atoms with Crippen molar-refractivity contribution in [1.82, 2.24) is 15.2 Å². The molecule has 6 heteroatoms. The summed E-state index contributed by atoms with van der Waals surface area (Å²) < 4.78 is 5.54. The Balaban J connectivity index is 0.00000225. The molecule has 4 nitrogen and oxygen atoms in total. The summed E-state index contributed by atoms with van der Waals surface area (Å²) in [5, 5.41) is 4.12. The third kappa shape index (κ3) is 5.19. The normalized spacial score (nSPS) is 17.6. The highest BCUT2D eigenvalue weighted by Crippen LogP contribution is 2.28. The number of nitrogens with zero attached hydrogens (tertiary/aromatic N) is 2. The van der Waals surface area contributed by atoms with Crippen LogP contribution in [0.3, 0.4) is 0 Å². The van der Waals surface area contributed by atoms with Crippen molar-refractivity contribution >= 4 is 24.0 Å². The number of piperazine rings is 1. The predicted molar refractivity (Wildman–Crippen MR) is 105 cm³/mol. The van der Waals surface area contributed by atoms with Crippen molar-refractivity contribution < 1.29 is 4.74 Å². The first-order valence-electron chi connectivity index (χ1n) is 8.14. The Hall–Kier alpha value is -1.59. The van der Waals surface area contributed by atoms with E-state index in [0.29, 0.717) is 23.4 Å². The minimum atomic E-state index is 0. The van der Waals surface area contributed by atoms with Gasteiger partial charge in [0.05, 0.1) is 5.02 Å². The van der Waals surface area contributed by atoms with Gasteiger partial charge in [0.1, 0.15) is 12.4 Å². The highest BCUT2D eigenvalue weighted by Gasteiger charge is 2.23. The van der Waals surface area contributed by atoms with Gasteiger partial charge in [0.15, 0.2) is 0 Å². The average Bonchev–Trinajstić information content (AvgIpc) is 2.62. The van der Waals surface area contributed by atoms with Crippen LogP contribution in [0.2, 0.25) is 5.02 Å². The molecule has 0 aliphatic carbocycles. The summed E-state index contributed by atoms with van der Waals surface area (Å²) in [4.78, 5) is 6.59. The van der Waals surface area contributed by atoms with Crippen LogP contribution in [0.1, 0.15) is 17.2 Å². The van der Waals surface area contributed by atoms with E-state index >= 15 is 0 Å². The van der Waals surface area contributed by atoms with E-state index in [0.717, 1.165) is 26.2 Å². The second-order valence-electron chi connectivity index (χ2n) is 5.84. The van der Waals surface area contributed by atoms with Gasteiger partial charge >= 0.3 is 0 Å². The van der Waals surface area contributed by atoms with E-state index in [1.165, 1.54) is 11.1 Å². The van der Waals surface area contributed by atoms with E-state index in [1.54, 1.807) is 6.08 Å². The van der Waals surface area contributed by atoms with Gasteiger partial charge in [-0.25, -0.2) is 0 Å². The first kappa shape index (κ1) is 19.7. The number of nitrogens with one attached hydrogen (secondary N) is 1. The maximum atomic E-state index is 6.34. The predicted octanol–water partition coefficient (Wildman–Crippen LogP) is 3.87. The number of hydrogen-bond acceptors (Lipinski definition) is 4. The van der Waals surface area contributed by atoms with Gasteiger partial charge in [-0.1, -0.05) is 30.3 Å². The standard InChI is InChI=1S/C19H22ClN3O.ClH/c1-2-11-24-19-4-3-15(12-17(19)20)14-23-10-9-22-13-18(23)16-5-7-21-8-6-16;/h2-8,12,18,22H,1,9-11,13-14H2;1H. The summed E-state index contributed by atoms with van der Waals surface area (Å²) in [6, 6.07) is 10.5. The molecule has 1 aromatic carbocycles. The zero-order chi connectivity index (χ0) is 16.8. The van der Waals surface area contributed by atoms with Crippen LogP contribution in [0.25, 0.3) is 0 Å². The lowest BCUT2D eigenvalue weighted by Crippen LogP contribution is -2.45. The van der Waals surface area contributed by atoms with Gasteiger partial charge in [-0.3, -0.25) is 9.88 Å². The van der Waals surface area contributed by atoms with Crippen LogP contribution in [-0.2, 0) is 6.54 Å². The molecule has 0 amide bonds. The lowest BCUT2D eigenvalue weighted by Gasteiger charge is -2.36. The van der Waals surface area contributed by atoms with E-state index in [2.05, 4.69) is 40.0 Å². The Labute approximate surface area is 160 Å². The Morgan fingerprint density at radius 1 is 1.32 bits per heavy atom. The van der Waals surface area contributed by atoms with Crippen molar-refractivity contribution in [3.05, 3.63) is 71.5 Å². The second kappa shape index (κ2) is 9.78. The van der Waals surface area contributed by atoms with Crippen molar-refractivity contribution in [2.75, 3.05) is 26.2 Å². The van der Waals surface area contributed by atoms with E-state index in [-0.39, 0.29) is 12.4 Å². The van der Waals surface area contributed by atoms with Crippen LogP contribution >= 0.6 is 24.0 Å². The van der Waals surface area contributed by atoms with Crippen molar-refractivity contribution in [3.63, 3.8) is 0 Å².